The number of carbonyl (C=O) groups excluding carboxylic acids is 1. The summed E-state index contributed by atoms with van der Waals surface area (Å²) in [6.07, 6.45) is 0. The van der Waals surface area contributed by atoms with Crippen molar-refractivity contribution in [2.75, 3.05) is 38.1 Å². The fourth-order valence-electron chi connectivity index (χ4n) is 3.73. The van der Waals surface area contributed by atoms with Crippen LogP contribution >= 0.6 is 0 Å². The van der Waals surface area contributed by atoms with Crippen LogP contribution in [0.2, 0.25) is 0 Å². The van der Waals surface area contributed by atoms with E-state index in [0.717, 1.165) is 31.9 Å². The molecule has 0 radical (unpaired) electrons. The summed E-state index contributed by atoms with van der Waals surface area (Å²) in [5.74, 6) is -1.14. The first kappa shape index (κ1) is 21.0. The lowest BCUT2D eigenvalue weighted by Gasteiger charge is -2.36. The molecule has 1 atom stereocenters. The zero-order valence-electron chi connectivity index (χ0n) is 17.4. The molecule has 1 aromatic heterocycles. The van der Waals surface area contributed by atoms with Gasteiger partial charge in [0.15, 0.2) is 11.5 Å². The lowest BCUT2D eigenvalue weighted by atomic mass is 10.0. The minimum absolute atomic E-state index is 0.0302. The van der Waals surface area contributed by atoms with Crippen molar-refractivity contribution in [3.63, 3.8) is 0 Å². The molecule has 1 amide bonds. The number of hydrogen-bond acceptors (Lipinski definition) is 5. The van der Waals surface area contributed by atoms with E-state index in [1.54, 1.807) is 31.2 Å². The third-order valence-electron chi connectivity index (χ3n) is 5.53. The fraction of sp³-hybridized carbons (Fsp3) is 0.304. The van der Waals surface area contributed by atoms with Crippen LogP contribution in [0.4, 0.5) is 14.5 Å². The van der Waals surface area contributed by atoms with E-state index < -0.39 is 17.8 Å². The molecule has 1 saturated heterocycles. The quantitative estimate of drug-likeness (QED) is 0.671. The standard InChI is InChI=1S/C23H24F2N4O2/c1-15(18-13-16(24)7-8-21(18)29-11-9-28(2)10-12-29)26-23(30)20-14-22(31-27-20)17-5-3-4-6-19(17)25/h3-8,13-15H,9-12H2,1-2H3,(H,26,30). The lowest BCUT2D eigenvalue weighted by molar-refractivity contribution is 0.0931. The van der Waals surface area contributed by atoms with Gasteiger partial charge in [0.05, 0.1) is 11.6 Å². The van der Waals surface area contributed by atoms with Crippen molar-refractivity contribution in [2.45, 2.75) is 13.0 Å². The van der Waals surface area contributed by atoms with Crippen molar-refractivity contribution >= 4 is 11.6 Å². The van der Waals surface area contributed by atoms with Gasteiger partial charge in [-0.15, -0.1) is 0 Å². The minimum atomic E-state index is -0.479. The van der Waals surface area contributed by atoms with E-state index >= 15 is 0 Å². The molecule has 6 nitrogen and oxygen atoms in total. The van der Waals surface area contributed by atoms with Gasteiger partial charge in [-0.1, -0.05) is 17.3 Å². The van der Waals surface area contributed by atoms with Crippen LogP contribution in [-0.2, 0) is 0 Å². The summed E-state index contributed by atoms with van der Waals surface area (Å²) in [5, 5.41) is 6.62. The van der Waals surface area contributed by atoms with Crippen LogP contribution in [-0.4, -0.2) is 49.2 Å². The zero-order chi connectivity index (χ0) is 22.0. The van der Waals surface area contributed by atoms with E-state index in [9.17, 15) is 13.6 Å². The molecule has 4 rings (SSSR count). The topological polar surface area (TPSA) is 61.6 Å². The van der Waals surface area contributed by atoms with Crippen molar-refractivity contribution in [1.29, 1.82) is 0 Å². The van der Waals surface area contributed by atoms with E-state index in [0.29, 0.717) is 5.56 Å². The molecule has 1 fully saturated rings. The Bertz CT molecular complexity index is 1080. The maximum absolute atomic E-state index is 14.0. The smallest absolute Gasteiger partial charge is 0.273 e. The molecule has 0 saturated carbocycles. The third kappa shape index (κ3) is 4.59. The van der Waals surface area contributed by atoms with Crippen molar-refractivity contribution in [3.8, 4) is 11.3 Å². The molecule has 2 heterocycles. The summed E-state index contributed by atoms with van der Waals surface area (Å²) in [6.45, 7) is 5.27. The number of carbonyl (C=O) groups is 1. The summed E-state index contributed by atoms with van der Waals surface area (Å²) >= 11 is 0. The van der Waals surface area contributed by atoms with Gasteiger partial charge in [-0.2, -0.15) is 0 Å². The van der Waals surface area contributed by atoms with Crippen LogP contribution in [0.15, 0.2) is 53.1 Å². The van der Waals surface area contributed by atoms with Crippen LogP contribution < -0.4 is 10.2 Å². The van der Waals surface area contributed by atoms with Gasteiger partial charge < -0.3 is 19.6 Å². The largest absolute Gasteiger partial charge is 0.369 e. The van der Waals surface area contributed by atoms with Gasteiger partial charge >= 0.3 is 0 Å². The number of nitrogens with one attached hydrogen (secondary N) is 1. The number of halogens is 2. The molecule has 3 aromatic rings. The molecule has 1 unspecified atom stereocenters. The molecule has 1 N–H and O–H groups in total. The molecule has 162 valence electrons. The number of hydrogen-bond donors (Lipinski definition) is 1. The highest BCUT2D eigenvalue weighted by Gasteiger charge is 2.23. The van der Waals surface area contributed by atoms with E-state index in [1.165, 1.54) is 24.3 Å². The Hall–Kier alpha value is -3.26. The van der Waals surface area contributed by atoms with Gasteiger partial charge in [0.25, 0.3) is 5.91 Å². The van der Waals surface area contributed by atoms with Gasteiger partial charge in [-0.05, 0) is 44.3 Å². The second-order valence-corrected chi connectivity index (χ2v) is 7.74. The summed E-state index contributed by atoms with van der Waals surface area (Å²) in [7, 11) is 2.07. The summed E-state index contributed by atoms with van der Waals surface area (Å²) in [4.78, 5) is 17.2. The van der Waals surface area contributed by atoms with Crippen LogP contribution in [0.5, 0.6) is 0 Å². The minimum Gasteiger partial charge on any atom is -0.369 e. The predicted molar refractivity (Wildman–Crippen MR) is 114 cm³/mol. The molecule has 0 bridgehead atoms. The average Bonchev–Trinajstić information content (AvgIpc) is 3.25. The molecule has 0 aliphatic carbocycles. The molecular weight excluding hydrogens is 402 g/mol. The molecule has 0 spiro atoms. The monoisotopic (exact) mass is 426 g/mol. The van der Waals surface area contributed by atoms with Crippen LogP contribution in [0.25, 0.3) is 11.3 Å². The number of rotatable bonds is 5. The second-order valence-electron chi connectivity index (χ2n) is 7.74. The molecular formula is C23H24F2N4O2. The summed E-state index contributed by atoms with van der Waals surface area (Å²) < 4.78 is 33.2. The number of nitrogens with zero attached hydrogens (tertiary/aromatic N) is 3. The summed E-state index contributed by atoms with van der Waals surface area (Å²) in [6, 6.07) is 11.7. The first-order chi connectivity index (χ1) is 14.9. The third-order valence-corrected chi connectivity index (χ3v) is 5.53. The summed E-state index contributed by atoms with van der Waals surface area (Å²) in [5.41, 5.74) is 1.84. The highest BCUT2D eigenvalue weighted by Crippen LogP contribution is 2.29. The van der Waals surface area contributed by atoms with Gasteiger partial charge in [-0.3, -0.25) is 4.79 Å². The number of aromatic nitrogens is 1. The normalized spacial score (nSPS) is 15.7. The first-order valence-corrected chi connectivity index (χ1v) is 10.2. The Balaban J connectivity index is 1.52. The van der Waals surface area contributed by atoms with Gasteiger partial charge in [-0.25, -0.2) is 8.78 Å². The van der Waals surface area contributed by atoms with Crippen molar-refractivity contribution < 1.29 is 18.1 Å². The highest BCUT2D eigenvalue weighted by molar-refractivity contribution is 5.93. The molecule has 8 heteroatoms. The number of benzene rings is 2. The highest BCUT2D eigenvalue weighted by atomic mass is 19.1. The van der Waals surface area contributed by atoms with Gasteiger partial charge in [0.2, 0.25) is 0 Å². The molecule has 1 aliphatic heterocycles. The van der Waals surface area contributed by atoms with Crippen molar-refractivity contribution in [2.24, 2.45) is 0 Å². The zero-order valence-corrected chi connectivity index (χ0v) is 17.4. The molecule has 2 aromatic carbocycles. The number of likely N-dealkylation sites (N-methyl/N-ethyl adjacent to an activating group) is 1. The van der Waals surface area contributed by atoms with Gasteiger partial charge in [0.1, 0.15) is 11.6 Å². The molecule has 31 heavy (non-hydrogen) atoms. The number of anilines is 1. The van der Waals surface area contributed by atoms with Crippen molar-refractivity contribution in [1.82, 2.24) is 15.4 Å². The van der Waals surface area contributed by atoms with E-state index in [1.807, 2.05) is 0 Å². The van der Waals surface area contributed by atoms with E-state index in [4.69, 9.17) is 4.52 Å². The van der Waals surface area contributed by atoms with Gasteiger partial charge in [0, 0.05) is 43.5 Å². The molecule has 1 aliphatic rings. The average molecular weight is 426 g/mol. The van der Waals surface area contributed by atoms with E-state index in [2.05, 4.69) is 27.3 Å². The Morgan fingerprint density at radius 2 is 1.84 bits per heavy atom. The maximum Gasteiger partial charge on any atom is 0.273 e. The van der Waals surface area contributed by atoms with Crippen LogP contribution in [0, 0.1) is 11.6 Å². The lowest BCUT2D eigenvalue weighted by Crippen LogP contribution is -2.45. The van der Waals surface area contributed by atoms with E-state index in [-0.39, 0.29) is 22.8 Å². The SMILES string of the molecule is CC(NC(=O)c1cc(-c2ccccc2F)on1)c1cc(F)ccc1N1CCN(C)CC1. The van der Waals surface area contributed by atoms with Crippen LogP contribution in [0.1, 0.15) is 29.0 Å². The van der Waals surface area contributed by atoms with Crippen LogP contribution in [0.3, 0.4) is 0 Å². The maximum atomic E-state index is 14.0. The Kier molecular flexibility index (Phi) is 5.99. The first-order valence-electron chi connectivity index (χ1n) is 10.2. The number of amides is 1. The Morgan fingerprint density at radius 3 is 2.58 bits per heavy atom. The predicted octanol–water partition coefficient (Wildman–Crippen LogP) is 3.86. The number of piperazine rings is 1. The Morgan fingerprint density at radius 1 is 1.10 bits per heavy atom. The Labute approximate surface area is 179 Å². The van der Waals surface area contributed by atoms with Crippen molar-refractivity contribution in [3.05, 3.63) is 71.4 Å². The fourth-order valence-corrected chi connectivity index (χ4v) is 3.73. The second kappa shape index (κ2) is 8.85.